The first-order valence-corrected chi connectivity index (χ1v) is 9.18. The molecule has 0 aliphatic carbocycles. The van der Waals surface area contributed by atoms with Crippen molar-refractivity contribution in [2.75, 3.05) is 11.9 Å². The van der Waals surface area contributed by atoms with E-state index in [-0.39, 0.29) is 18.4 Å². The number of nitrogens with one attached hydrogen (secondary N) is 1. The lowest BCUT2D eigenvalue weighted by atomic mass is 10.2. The number of rotatable bonds is 5. The predicted molar refractivity (Wildman–Crippen MR) is 111 cm³/mol. The van der Waals surface area contributed by atoms with E-state index in [2.05, 4.69) is 5.32 Å². The summed E-state index contributed by atoms with van der Waals surface area (Å²) >= 11 is 6.45. The van der Waals surface area contributed by atoms with Crippen LogP contribution in [0, 0.1) is 0 Å². The normalized spacial score (nSPS) is 15.8. The molecule has 0 radical (unpaired) electrons. The maximum Gasteiger partial charge on any atom is 0.266 e. The monoisotopic (exact) mass is 380 g/mol. The van der Waals surface area contributed by atoms with Crippen LogP contribution in [0.5, 0.6) is 0 Å². The van der Waals surface area contributed by atoms with Crippen molar-refractivity contribution in [3.8, 4) is 0 Å². The standard InChI is InChI=1S/C20H16N2O2S2/c23-18(21-16-11-5-2-6-12-16)14-22-19(24)17(26-20(22)25)13-7-10-15-8-3-1-4-9-15/h1-13H,14H2,(H,21,23)/b10-7+,17-13-. The molecule has 130 valence electrons. The fraction of sp³-hybridized carbons (Fsp3) is 0.0500. The third-order valence-corrected chi connectivity index (χ3v) is 4.96. The quantitative estimate of drug-likeness (QED) is 0.627. The molecule has 1 heterocycles. The van der Waals surface area contributed by atoms with Crippen LogP contribution in [0.15, 0.2) is 77.7 Å². The predicted octanol–water partition coefficient (Wildman–Crippen LogP) is 4.08. The molecule has 0 aromatic heterocycles. The molecule has 1 N–H and O–H groups in total. The van der Waals surface area contributed by atoms with Gasteiger partial charge < -0.3 is 5.32 Å². The molecule has 1 aliphatic rings. The Morgan fingerprint density at radius 1 is 1.08 bits per heavy atom. The lowest BCUT2D eigenvalue weighted by Gasteiger charge is -2.14. The van der Waals surface area contributed by atoms with Crippen LogP contribution in [0.1, 0.15) is 5.56 Å². The summed E-state index contributed by atoms with van der Waals surface area (Å²) in [6.45, 7) is -0.0979. The number of para-hydroxylation sites is 1. The Balaban J connectivity index is 1.62. The van der Waals surface area contributed by atoms with Gasteiger partial charge >= 0.3 is 0 Å². The summed E-state index contributed by atoms with van der Waals surface area (Å²) in [5, 5.41) is 2.75. The van der Waals surface area contributed by atoms with Crippen LogP contribution in [0.3, 0.4) is 0 Å². The van der Waals surface area contributed by atoms with Crippen LogP contribution >= 0.6 is 24.0 Å². The highest BCUT2D eigenvalue weighted by Gasteiger charge is 2.32. The molecule has 0 saturated carbocycles. The molecule has 0 bridgehead atoms. The van der Waals surface area contributed by atoms with Crippen molar-refractivity contribution in [3.63, 3.8) is 0 Å². The number of thioether (sulfide) groups is 1. The highest BCUT2D eigenvalue weighted by molar-refractivity contribution is 8.26. The maximum atomic E-state index is 12.5. The van der Waals surface area contributed by atoms with E-state index in [1.54, 1.807) is 18.2 Å². The Morgan fingerprint density at radius 2 is 1.73 bits per heavy atom. The molecule has 4 nitrogen and oxygen atoms in total. The lowest BCUT2D eigenvalue weighted by molar-refractivity contribution is -0.126. The average Bonchev–Trinajstić information content (AvgIpc) is 2.91. The molecule has 6 heteroatoms. The summed E-state index contributed by atoms with van der Waals surface area (Å²) in [5.41, 5.74) is 1.73. The number of allylic oxidation sites excluding steroid dienone is 2. The van der Waals surface area contributed by atoms with Crippen LogP contribution in [0.25, 0.3) is 6.08 Å². The fourth-order valence-corrected chi connectivity index (χ4v) is 3.53. The van der Waals surface area contributed by atoms with Gasteiger partial charge in [0.1, 0.15) is 10.9 Å². The van der Waals surface area contributed by atoms with Gasteiger partial charge in [0, 0.05) is 5.69 Å². The smallest absolute Gasteiger partial charge is 0.266 e. The highest BCUT2D eigenvalue weighted by Crippen LogP contribution is 2.30. The topological polar surface area (TPSA) is 49.4 Å². The first-order chi connectivity index (χ1) is 12.6. The van der Waals surface area contributed by atoms with Gasteiger partial charge in [0.25, 0.3) is 5.91 Å². The van der Waals surface area contributed by atoms with E-state index in [4.69, 9.17) is 12.2 Å². The molecule has 1 fully saturated rings. The van der Waals surface area contributed by atoms with Gasteiger partial charge in [-0.2, -0.15) is 0 Å². The maximum absolute atomic E-state index is 12.5. The van der Waals surface area contributed by atoms with E-state index >= 15 is 0 Å². The van der Waals surface area contributed by atoms with Crippen molar-refractivity contribution in [1.29, 1.82) is 0 Å². The largest absolute Gasteiger partial charge is 0.325 e. The van der Waals surface area contributed by atoms with Crippen LogP contribution in [0.4, 0.5) is 5.69 Å². The Hall–Kier alpha value is -2.70. The summed E-state index contributed by atoms with van der Waals surface area (Å²) in [6.07, 6.45) is 5.45. The van der Waals surface area contributed by atoms with Crippen LogP contribution in [-0.4, -0.2) is 27.6 Å². The van der Waals surface area contributed by atoms with Crippen molar-refractivity contribution in [1.82, 2.24) is 4.90 Å². The van der Waals surface area contributed by atoms with Crippen molar-refractivity contribution in [3.05, 3.63) is 83.3 Å². The molecule has 1 aliphatic heterocycles. The van der Waals surface area contributed by atoms with E-state index < -0.39 is 0 Å². The lowest BCUT2D eigenvalue weighted by Crippen LogP contribution is -2.36. The van der Waals surface area contributed by atoms with Crippen LogP contribution in [0.2, 0.25) is 0 Å². The SMILES string of the molecule is O=C(CN1C(=O)/C(=C/C=C/c2ccccc2)SC1=S)Nc1ccccc1. The van der Waals surface area contributed by atoms with Gasteiger partial charge in [0.2, 0.25) is 5.91 Å². The average molecular weight is 380 g/mol. The van der Waals surface area contributed by atoms with Gasteiger partial charge in [-0.25, -0.2) is 0 Å². The minimum atomic E-state index is -0.284. The second kappa shape index (κ2) is 8.60. The third kappa shape index (κ3) is 4.68. The highest BCUT2D eigenvalue weighted by atomic mass is 32.2. The van der Waals surface area contributed by atoms with Crippen molar-refractivity contribution >= 4 is 51.9 Å². The van der Waals surface area contributed by atoms with Crippen LogP contribution in [-0.2, 0) is 9.59 Å². The molecular formula is C20H16N2O2S2. The number of amides is 2. The third-order valence-electron chi connectivity index (χ3n) is 3.57. The summed E-state index contributed by atoms with van der Waals surface area (Å²) in [5.74, 6) is -0.533. The molecule has 2 aromatic carbocycles. The van der Waals surface area contributed by atoms with E-state index in [9.17, 15) is 9.59 Å². The summed E-state index contributed by atoms with van der Waals surface area (Å²) in [4.78, 5) is 26.5. The van der Waals surface area contributed by atoms with Gasteiger partial charge in [-0.1, -0.05) is 84.7 Å². The number of carbonyl (C=O) groups excluding carboxylic acids is 2. The van der Waals surface area contributed by atoms with Crippen molar-refractivity contribution < 1.29 is 9.59 Å². The number of hydrogen-bond donors (Lipinski definition) is 1. The number of nitrogens with zero attached hydrogens (tertiary/aromatic N) is 1. The van der Waals surface area contributed by atoms with Gasteiger partial charge in [0.15, 0.2) is 0 Å². The van der Waals surface area contributed by atoms with E-state index in [0.717, 1.165) is 5.56 Å². The van der Waals surface area contributed by atoms with Crippen LogP contribution < -0.4 is 5.32 Å². The van der Waals surface area contributed by atoms with E-state index in [1.807, 2.05) is 60.7 Å². The summed E-state index contributed by atoms with van der Waals surface area (Å²) in [6, 6.07) is 18.9. The van der Waals surface area contributed by atoms with E-state index in [1.165, 1.54) is 16.7 Å². The molecule has 3 rings (SSSR count). The Morgan fingerprint density at radius 3 is 2.42 bits per heavy atom. The molecular weight excluding hydrogens is 364 g/mol. The second-order valence-corrected chi connectivity index (χ2v) is 7.15. The Bertz CT molecular complexity index is 877. The number of anilines is 1. The fourth-order valence-electron chi connectivity index (χ4n) is 2.33. The van der Waals surface area contributed by atoms with Crippen molar-refractivity contribution in [2.45, 2.75) is 0 Å². The molecule has 2 amide bonds. The minimum Gasteiger partial charge on any atom is -0.325 e. The zero-order valence-electron chi connectivity index (χ0n) is 13.8. The molecule has 0 atom stereocenters. The first kappa shape index (κ1) is 18.1. The number of carbonyl (C=O) groups is 2. The first-order valence-electron chi connectivity index (χ1n) is 7.95. The zero-order valence-corrected chi connectivity index (χ0v) is 15.4. The summed E-state index contributed by atoms with van der Waals surface area (Å²) < 4.78 is 0.387. The van der Waals surface area contributed by atoms with Gasteiger partial charge in [-0.3, -0.25) is 14.5 Å². The zero-order chi connectivity index (χ0) is 18.4. The number of benzene rings is 2. The van der Waals surface area contributed by atoms with Crippen molar-refractivity contribution in [2.24, 2.45) is 0 Å². The number of hydrogen-bond acceptors (Lipinski definition) is 4. The van der Waals surface area contributed by atoms with E-state index in [0.29, 0.717) is 14.9 Å². The second-order valence-electron chi connectivity index (χ2n) is 5.47. The van der Waals surface area contributed by atoms with Gasteiger partial charge in [-0.15, -0.1) is 0 Å². The Kier molecular flexibility index (Phi) is 5.99. The number of thiocarbonyl (C=S) groups is 1. The van der Waals surface area contributed by atoms with Gasteiger partial charge in [0.05, 0.1) is 4.91 Å². The van der Waals surface area contributed by atoms with Gasteiger partial charge in [-0.05, 0) is 23.8 Å². The molecule has 2 aromatic rings. The molecule has 0 unspecified atom stereocenters. The molecule has 1 saturated heterocycles. The molecule has 0 spiro atoms. The Labute approximate surface area is 161 Å². The minimum absolute atomic E-state index is 0.0979. The summed E-state index contributed by atoms with van der Waals surface area (Å²) in [7, 11) is 0. The molecule has 26 heavy (non-hydrogen) atoms.